The van der Waals surface area contributed by atoms with Crippen LogP contribution < -0.4 is 14.2 Å². The minimum absolute atomic E-state index is 0.383. The molecule has 0 aliphatic rings. The molecule has 0 spiro atoms. The molecule has 0 N–H and O–H groups in total. The fourth-order valence-corrected chi connectivity index (χ4v) is 1.77. The van der Waals surface area contributed by atoms with Crippen LogP contribution in [-0.4, -0.2) is 13.1 Å². The maximum atomic E-state index is 11.1. The Morgan fingerprint density at radius 1 is 1.05 bits per heavy atom. The Balaban J connectivity index is 2.34. The van der Waals surface area contributed by atoms with Gasteiger partial charge in [0.25, 0.3) is 0 Å². The van der Waals surface area contributed by atoms with E-state index < -0.39 is 0 Å². The highest BCUT2D eigenvalue weighted by molar-refractivity contribution is 5.70. The van der Waals surface area contributed by atoms with Crippen molar-refractivity contribution in [2.75, 3.05) is 7.11 Å². The van der Waals surface area contributed by atoms with Crippen LogP contribution in [-0.2, 0) is 4.79 Å². The average molecular weight is 272 g/mol. The molecule has 0 radical (unpaired) electrons. The van der Waals surface area contributed by atoms with Gasteiger partial charge in [-0.2, -0.15) is 0 Å². The van der Waals surface area contributed by atoms with Crippen LogP contribution in [0.3, 0.4) is 0 Å². The third kappa shape index (κ3) is 3.29. The molecule has 4 heteroatoms. The van der Waals surface area contributed by atoms with Gasteiger partial charge in [-0.25, -0.2) is 0 Å². The van der Waals surface area contributed by atoms with Crippen molar-refractivity contribution >= 4 is 5.97 Å². The predicted molar refractivity (Wildman–Crippen MR) is 75.6 cm³/mol. The van der Waals surface area contributed by atoms with E-state index in [0.29, 0.717) is 23.0 Å². The first-order valence-corrected chi connectivity index (χ1v) is 6.20. The topological polar surface area (TPSA) is 44.8 Å². The largest absolute Gasteiger partial charge is 0.497 e. The number of methoxy groups -OCH3 is 1. The van der Waals surface area contributed by atoms with Gasteiger partial charge in [-0.1, -0.05) is 18.2 Å². The first kappa shape index (κ1) is 13.9. The van der Waals surface area contributed by atoms with Gasteiger partial charge in [-0.05, 0) is 30.7 Å². The molecule has 0 saturated carbocycles. The van der Waals surface area contributed by atoms with E-state index in [4.69, 9.17) is 14.2 Å². The second-order valence-corrected chi connectivity index (χ2v) is 4.28. The Kier molecular flexibility index (Phi) is 4.25. The summed E-state index contributed by atoms with van der Waals surface area (Å²) in [5.41, 5.74) is 0.881. The molecule has 104 valence electrons. The van der Waals surface area contributed by atoms with E-state index in [9.17, 15) is 4.79 Å². The molecule has 2 rings (SSSR count). The summed E-state index contributed by atoms with van der Waals surface area (Å²) in [7, 11) is 1.59. The number of esters is 1. The van der Waals surface area contributed by atoms with Crippen molar-refractivity contribution in [2.45, 2.75) is 13.8 Å². The number of rotatable bonds is 4. The fraction of sp³-hybridized carbons (Fsp3) is 0.188. The number of hydrogen-bond donors (Lipinski definition) is 0. The van der Waals surface area contributed by atoms with Gasteiger partial charge in [0, 0.05) is 13.0 Å². The maximum Gasteiger partial charge on any atom is 0.308 e. The standard InChI is InChI=1S/C16H16O4/c1-11-6-4-9-15(19-12(2)17)16(11)20-14-8-5-7-13(10-14)18-3/h4-10H,1-3H3. The number of aryl methyl sites for hydroxylation is 1. The molecule has 0 atom stereocenters. The third-order valence-corrected chi connectivity index (χ3v) is 2.69. The van der Waals surface area contributed by atoms with Gasteiger partial charge in [-0.15, -0.1) is 0 Å². The van der Waals surface area contributed by atoms with Crippen LogP contribution in [0.4, 0.5) is 0 Å². The van der Waals surface area contributed by atoms with Crippen LogP contribution in [0.15, 0.2) is 42.5 Å². The van der Waals surface area contributed by atoms with Crippen LogP contribution in [0.5, 0.6) is 23.0 Å². The van der Waals surface area contributed by atoms with Crippen LogP contribution in [0, 0.1) is 6.92 Å². The average Bonchev–Trinajstić information content (AvgIpc) is 2.42. The van der Waals surface area contributed by atoms with Gasteiger partial charge in [0.2, 0.25) is 0 Å². The third-order valence-electron chi connectivity index (χ3n) is 2.69. The molecule has 0 saturated heterocycles. The lowest BCUT2D eigenvalue weighted by Gasteiger charge is -2.13. The number of benzene rings is 2. The summed E-state index contributed by atoms with van der Waals surface area (Å²) in [6.07, 6.45) is 0. The summed E-state index contributed by atoms with van der Waals surface area (Å²) in [6.45, 7) is 3.25. The first-order chi connectivity index (χ1) is 9.60. The minimum Gasteiger partial charge on any atom is -0.497 e. The zero-order valence-corrected chi connectivity index (χ0v) is 11.7. The van der Waals surface area contributed by atoms with Gasteiger partial charge in [-0.3, -0.25) is 4.79 Å². The molecule has 2 aromatic carbocycles. The van der Waals surface area contributed by atoms with Crippen molar-refractivity contribution in [1.82, 2.24) is 0 Å². The molecule has 0 aliphatic heterocycles. The van der Waals surface area contributed by atoms with E-state index in [1.807, 2.05) is 37.3 Å². The van der Waals surface area contributed by atoms with Gasteiger partial charge in [0.05, 0.1) is 7.11 Å². The Labute approximate surface area is 117 Å². The monoisotopic (exact) mass is 272 g/mol. The van der Waals surface area contributed by atoms with Crippen molar-refractivity contribution in [3.05, 3.63) is 48.0 Å². The Morgan fingerprint density at radius 3 is 2.45 bits per heavy atom. The zero-order valence-electron chi connectivity index (χ0n) is 11.7. The minimum atomic E-state index is -0.383. The quantitative estimate of drug-likeness (QED) is 0.628. The Bertz CT molecular complexity index is 620. The lowest BCUT2D eigenvalue weighted by molar-refractivity contribution is -0.131. The van der Waals surface area contributed by atoms with Gasteiger partial charge in [0.1, 0.15) is 11.5 Å². The number of carbonyl (C=O) groups is 1. The van der Waals surface area contributed by atoms with Gasteiger partial charge in [0.15, 0.2) is 11.5 Å². The highest BCUT2D eigenvalue weighted by Crippen LogP contribution is 2.35. The van der Waals surface area contributed by atoms with Gasteiger partial charge >= 0.3 is 5.97 Å². The summed E-state index contributed by atoms with van der Waals surface area (Å²) in [5.74, 6) is 1.86. The molecule has 0 fully saturated rings. The lowest BCUT2D eigenvalue weighted by atomic mass is 10.2. The van der Waals surface area contributed by atoms with E-state index >= 15 is 0 Å². The molecule has 0 unspecified atom stereocenters. The van der Waals surface area contributed by atoms with E-state index in [2.05, 4.69) is 0 Å². The van der Waals surface area contributed by atoms with Crippen molar-refractivity contribution in [2.24, 2.45) is 0 Å². The molecule has 20 heavy (non-hydrogen) atoms. The summed E-state index contributed by atoms with van der Waals surface area (Å²) in [5, 5.41) is 0. The normalized spacial score (nSPS) is 9.95. The van der Waals surface area contributed by atoms with E-state index in [0.717, 1.165) is 5.56 Å². The summed E-state index contributed by atoms with van der Waals surface area (Å²) in [4.78, 5) is 11.1. The lowest BCUT2D eigenvalue weighted by Crippen LogP contribution is -2.03. The molecular weight excluding hydrogens is 256 g/mol. The maximum absolute atomic E-state index is 11.1. The molecule has 4 nitrogen and oxygen atoms in total. The molecule has 0 amide bonds. The second kappa shape index (κ2) is 6.10. The van der Waals surface area contributed by atoms with E-state index in [1.54, 1.807) is 19.2 Å². The van der Waals surface area contributed by atoms with Crippen molar-refractivity contribution in [1.29, 1.82) is 0 Å². The highest BCUT2D eigenvalue weighted by atomic mass is 16.6. The molecular formula is C16H16O4. The number of hydrogen-bond acceptors (Lipinski definition) is 4. The molecule has 0 heterocycles. The van der Waals surface area contributed by atoms with Crippen LogP contribution in [0.1, 0.15) is 12.5 Å². The Morgan fingerprint density at radius 2 is 1.75 bits per heavy atom. The molecule has 0 aliphatic carbocycles. The Hall–Kier alpha value is -2.49. The van der Waals surface area contributed by atoms with Gasteiger partial charge < -0.3 is 14.2 Å². The first-order valence-electron chi connectivity index (χ1n) is 6.20. The summed E-state index contributed by atoms with van der Waals surface area (Å²) in [6, 6.07) is 12.6. The number of para-hydroxylation sites is 1. The second-order valence-electron chi connectivity index (χ2n) is 4.28. The zero-order chi connectivity index (χ0) is 14.5. The van der Waals surface area contributed by atoms with E-state index in [-0.39, 0.29) is 5.97 Å². The molecule has 0 aromatic heterocycles. The summed E-state index contributed by atoms with van der Waals surface area (Å²) < 4.78 is 16.1. The highest BCUT2D eigenvalue weighted by Gasteiger charge is 2.11. The van der Waals surface area contributed by atoms with Crippen molar-refractivity contribution < 1.29 is 19.0 Å². The molecule has 0 bridgehead atoms. The predicted octanol–water partition coefficient (Wildman–Crippen LogP) is 3.72. The smallest absolute Gasteiger partial charge is 0.308 e. The SMILES string of the molecule is COc1cccc(Oc2c(C)cccc2OC(C)=O)c1. The van der Waals surface area contributed by atoms with Crippen LogP contribution in [0.2, 0.25) is 0 Å². The number of ether oxygens (including phenoxy) is 3. The number of carbonyl (C=O) groups excluding carboxylic acids is 1. The molecule has 2 aromatic rings. The summed E-state index contributed by atoms with van der Waals surface area (Å²) >= 11 is 0. The van der Waals surface area contributed by atoms with Crippen molar-refractivity contribution in [3.8, 4) is 23.0 Å². The van der Waals surface area contributed by atoms with Crippen LogP contribution >= 0.6 is 0 Å². The van der Waals surface area contributed by atoms with E-state index in [1.165, 1.54) is 6.92 Å². The van der Waals surface area contributed by atoms with Crippen molar-refractivity contribution in [3.63, 3.8) is 0 Å². The van der Waals surface area contributed by atoms with Crippen LogP contribution in [0.25, 0.3) is 0 Å². The fourth-order valence-electron chi connectivity index (χ4n) is 1.77.